The van der Waals surface area contributed by atoms with Gasteiger partial charge in [-0.15, -0.1) is 0 Å². The summed E-state index contributed by atoms with van der Waals surface area (Å²) < 4.78 is 5.41. The predicted molar refractivity (Wildman–Crippen MR) is 98.6 cm³/mol. The van der Waals surface area contributed by atoms with E-state index in [4.69, 9.17) is 4.52 Å². The molecule has 0 N–H and O–H groups in total. The highest BCUT2D eigenvalue weighted by Crippen LogP contribution is 2.25. The molecule has 0 aromatic carbocycles. The normalized spacial score (nSPS) is 24.1. The van der Waals surface area contributed by atoms with Crippen LogP contribution in [0.4, 0.5) is 0 Å². The van der Waals surface area contributed by atoms with E-state index in [1.54, 1.807) is 18.6 Å². The van der Waals surface area contributed by atoms with E-state index in [-0.39, 0.29) is 5.92 Å². The van der Waals surface area contributed by atoms with Crippen LogP contribution in [0.3, 0.4) is 0 Å². The van der Waals surface area contributed by atoms with E-state index in [1.807, 2.05) is 0 Å². The molecule has 144 valence electrons. The minimum absolute atomic E-state index is 0.147. The van der Waals surface area contributed by atoms with Crippen LogP contribution >= 0.6 is 0 Å². The Balaban J connectivity index is 1.36. The van der Waals surface area contributed by atoms with E-state index >= 15 is 0 Å². The van der Waals surface area contributed by atoms with Crippen molar-refractivity contribution in [2.24, 2.45) is 11.8 Å². The van der Waals surface area contributed by atoms with Gasteiger partial charge in [0.2, 0.25) is 17.6 Å². The van der Waals surface area contributed by atoms with Gasteiger partial charge < -0.3 is 14.3 Å². The van der Waals surface area contributed by atoms with Crippen molar-refractivity contribution < 1.29 is 9.32 Å². The van der Waals surface area contributed by atoms with E-state index in [0.29, 0.717) is 35.7 Å². The van der Waals surface area contributed by atoms with Crippen LogP contribution in [0.1, 0.15) is 31.6 Å². The lowest BCUT2D eigenvalue weighted by Crippen LogP contribution is -2.47. The molecule has 2 atom stereocenters. The Kier molecular flexibility index (Phi) is 5.42. The lowest BCUT2D eigenvalue weighted by molar-refractivity contribution is -0.139. The van der Waals surface area contributed by atoms with E-state index in [0.717, 1.165) is 51.9 Å². The first-order valence-corrected chi connectivity index (χ1v) is 9.75. The fourth-order valence-electron chi connectivity index (χ4n) is 4.16. The van der Waals surface area contributed by atoms with Crippen LogP contribution in [0.5, 0.6) is 0 Å². The van der Waals surface area contributed by atoms with Gasteiger partial charge in [0.15, 0.2) is 0 Å². The van der Waals surface area contributed by atoms with Gasteiger partial charge in [-0.1, -0.05) is 5.16 Å². The van der Waals surface area contributed by atoms with Crippen molar-refractivity contribution in [1.82, 2.24) is 29.9 Å². The lowest BCUT2D eigenvalue weighted by atomic mass is 9.91. The zero-order valence-corrected chi connectivity index (χ0v) is 15.8. The Hall–Kier alpha value is -2.35. The summed E-state index contributed by atoms with van der Waals surface area (Å²) in [4.78, 5) is 29.9. The van der Waals surface area contributed by atoms with Gasteiger partial charge in [-0.05, 0) is 45.2 Å². The first kappa shape index (κ1) is 18.0. The van der Waals surface area contributed by atoms with Gasteiger partial charge in [0, 0.05) is 38.4 Å². The van der Waals surface area contributed by atoms with Gasteiger partial charge in [0.1, 0.15) is 5.69 Å². The molecule has 2 fully saturated rings. The van der Waals surface area contributed by atoms with Gasteiger partial charge >= 0.3 is 0 Å². The monoisotopic (exact) mass is 370 g/mol. The van der Waals surface area contributed by atoms with Gasteiger partial charge in [-0.25, -0.2) is 4.98 Å². The summed E-state index contributed by atoms with van der Waals surface area (Å²) in [5.74, 6) is 1.89. The largest absolute Gasteiger partial charge is 0.342 e. The first-order chi connectivity index (χ1) is 13.2. The Bertz CT molecular complexity index is 765. The highest BCUT2D eigenvalue weighted by Gasteiger charge is 2.31. The number of likely N-dealkylation sites (tertiary alicyclic amines) is 2. The Morgan fingerprint density at radius 2 is 2.11 bits per heavy atom. The molecular weight excluding hydrogens is 344 g/mol. The average molecular weight is 370 g/mol. The van der Waals surface area contributed by atoms with Crippen LogP contribution in [0.2, 0.25) is 0 Å². The molecule has 0 radical (unpaired) electrons. The summed E-state index contributed by atoms with van der Waals surface area (Å²) in [6.07, 6.45) is 9.77. The molecular formula is C19H26N6O2. The minimum atomic E-state index is 0.147. The Labute approximate surface area is 159 Å². The maximum absolute atomic E-state index is 12.9. The van der Waals surface area contributed by atoms with Crippen LogP contribution in [0.15, 0.2) is 23.1 Å². The van der Waals surface area contributed by atoms with Crippen LogP contribution in [0.25, 0.3) is 11.5 Å². The van der Waals surface area contributed by atoms with Gasteiger partial charge in [0.05, 0.1) is 12.1 Å². The predicted octanol–water partition coefficient (Wildman–Crippen LogP) is 1.65. The summed E-state index contributed by atoms with van der Waals surface area (Å²) in [7, 11) is 2.10. The molecule has 2 aliphatic rings. The maximum Gasteiger partial charge on any atom is 0.227 e. The van der Waals surface area contributed by atoms with Crippen molar-refractivity contribution in [1.29, 1.82) is 0 Å². The minimum Gasteiger partial charge on any atom is -0.342 e. The summed E-state index contributed by atoms with van der Waals surface area (Å²) >= 11 is 0. The third kappa shape index (κ3) is 4.32. The molecule has 1 amide bonds. The molecule has 0 spiro atoms. The molecule has 4 heterocycles. The summed E-state index contributed by atoms with van der Waals surface area (Å²) in [6.45, 7) is 3.62. The van der Waals surface area contributed by atoms with Crippen molar-refractivity contribution in [2.45, 2.75) is 32.1 Å². The number of rotatable bonds is 4. The molecule has 4 rings (SSSR count). The highest BCUT2D eigenvalue weighted by atomic mass is 16.5. The molecule has 2 saturated heterocycles. The van der Waals surface area contributed by atoms with E-state index in [2.05, 4.69) is 37.0 Å². The van der Waals surface area contributed by atoms with Crippen molar-refractivity contribution in [3.05, 3.63) is 24.5 Å². The molecule has 2 unspecified atom stereocenters. The quantitative estimate of drug-likeness (QED) is 0.808. The Morgan fingerprint density at radius 3 is 2.93 bits per heavy atom. The number of hydrogen-bond donors (Lipinski definition) is 0. The fourth-order valence-corrected chi connectivity index (χ4v) is 4.16. The molecule has 2 aromatic heterocycles. The number of amides is 1. The van der Waals surface area contributed by atoms with Crippen molar-refractivity contribution in [3.8, 4) is 11.5 Å². The highest BCUT2D eigenvalue weighted by molar-refractivity contribution is 5.79. The third-order valence-electron chi connectivity index (χ3n) is 5.53. The second-order valence-electron chi connectivity index (χ2n) is 7.70. The number of piperidine rings is 2. The summed E-state index contributed by atoms with van der Waals surface area (Å²) in [5.41, 5.74) is 0.606. The van der Waals surface area contributed by atoms with Crippen LogP contribution in [-0.2, 0) is 11.2 Å². The number of carbonyl (C=O) groups is 1. The van der Waals surface area contributed by atoms with Gasteiger partial charge in [-0.3, -0.25) is 9.78 Å². The maximum atomic E-state index is 12.9. The van der Waals surface area contributed by atoms with Gasteiger partial charge in [-0.2, -0.15) is 4.98 Å². The SMILES string of the molecule is CN1CCCC(C(=O)N2CCCC(Cc3nc(-c4cnccn4)no3)C2)C1. The molecule has 0 saturated carbocycles. The van der Waals surface area contributed by atoms with Crippen molar-refractivity contribution >= 4 is 5.91 Å². The van der Waals surface area contributed by atoms with Gasteiger partial charge in [0.25, 0.3) is 0 Å². The van der Waals surface area contributed by atoms with Crippen LogP contribution in [-0.4, -0.2) is 69.0 Å². The number of nitrogens with zero attached hydrogens (tertiary/aromatic N) is 6. The van der Waals surface area contributed by atoms with Crippen molar-refractivity contribution in [3.63, 3.8) is 0 Å². The molecule has 0 aliphatic carbocycles. The fraction of sp³-hybridized carbons (Fsp3) is 0.632. The third-order valence-corrected chi connectivity index (χ3v) is 5.53. The standard InChI is InChI=1S/C19H26N6O2/c1-24-8-3-5-15(13-24)19(26)25-9-2-4-14(12-25)10-17-22-18(23-27-17)16-11-20-6-7-21-16/h6-7,11,14-15H,2-5,8-10,12-13H2,1H3. The molecule has 8 heteroatoms. The number of carbonyl (C=O) groups excluding carboxylic acids is 1. The van der Waals surface area contributed by atoms with E-state index in [9.17, 15) is 4.79 Å². The topological polar surface area (TPSA) is 88.3 Å². The van der Waals surface area contributed by atoms with Crippen molar-refractivity contribution in [2.75, 3.05) is 33.2 Å². The average Bonchev–Trinajstić information content (AvgIpc) is 3.17. The molecule has 8 nitrogen and oxygen atoms in total. The molecule has 2 aromatic rings. The smallest absolute Gasteiger partial charge is 0.227 e. The first-order valence-electron chi connectivity index (χ1n) is 9.75. The molecule has 27 heavy (non-hydrogen) atoms. The second-order valence-corrected chi connectivity index (χ2v) is 7.70. The zero-order chi connectivity index (χ0) is 18.6. The van der Waals surface area contributed by atoms with E-state index < -0.39 is 0 Å². The summed E-state index contributed by atoms with van der Waals surface area (Å²) in [5, 5.41) is 4.01. The summed E-state index contributed by atoms with van der Waals surface area (Å²) in [6, 6.07) is 0. The lowest BCUT2D eigenvalue weighted by Gasteiger charge is -2.37. The second kappa shape index (κ2) is 8.12. The van der Waals surface area contributed by atoms with Crippen LogP contribution < -0.4 is 0 Å². The molecule has 0 bridgehead atoms. The Morgan fingerprint density at radius 1 is 1.22 bits per heavy atom. The number of hydrogen-bond acceptors (Lipinski definition) is 7. The van der Waals surface area contributed by atoms with Crippen LogP contribution in [0, 0.1) is 11.8 Å². The van der Waals surface area contributed by atoms with E-state index in [1.165, 1.54) is 0 Å². The zero-order valence-electron chi connectivity index (χ0n) is 15.8. The molecule has 2 aliphatic heterocycles. The number of aromatic nitrogens is 4.